The first-order valence-corrected chi connectivity index (χ1v) is 6.91. The maximum atomic E-state index is 9.24. The predicted molar refractivity (Wildman–Crippen MR) is 84.3 cm³/mol. The van der Waals surface area contributed by atoms with Crippen LogP contribution in [0.2, 0.25) is 0 Å². The van der Waals surface area contributed by atoms with Crippen molar-refractivity contribution in [3.05, 3.63) is 72.2 Å². The second-order valence-corrected chi connectivity index (χ2v) is 5.01. The molecule has 0 fully saturated rings. The highest BCUT2D eigenvalue weighted by Crippen LogP contribution is 2.23. The van der Waals surface area contributed by atoms with Crippen molar-refractivity contribution in [2.24, 2.45) is 5.16 Å². The Bertz CT molecular complexity index is 1050. The molecule has 0 bridgehead atoms. The molecule has 4 nitrogen and oxygen atoms in total. The van der Waals surface area contributed by atoms with E-state index in [9.17, 15) is 5.21 Å². The smallest absolute Gasteiger partial charge is 0.155 e. The van der Waals surface area contributed by atoms with Crippen molar-refractivity contribution < 1.29 is 9.62 Å². The van der Waals surface area contributed by atoms with E-state index >= 15 is 0 Å². The zero-order valence-corrected chi connectivity index (χ0v) is 11.6. The van der Waals surface area contributed by atoms with Crippen LogP contribution < -0.4 is 5.36 Å². The molecule has 1 N–H and O–H groups in total. The zero-order valence-electron chi connectivity index (χ0n) is 11.6. The number of benzene rings is 2. The molecule has 0 saturated heterocycles. The fourth-order valence-corrected chi connectivity index (χ4v) is 2.54. The third-order valence-electron chi connectivity index (χ3n) is 3.64. The van der Waals surface area contributed by atoms with E-state index in [0.717, 1.165) is 16.2 Å². The highest BCUT2D eigenvalue weighted by molar-refractivity contribution is 5.85. The lowest BCUT2D eigenvalue weighted by molar-refractivity contribution is 0.302. The number of fused-ring (bicyclic) bond motifs is 2. The molecule has 2 aromatic heterocycles. The molecule has 4 heteroatoms. The Morgan fingerprint density at radius 1 is 0.909 bits per heavy atom. The summed E-state index contributed by atoms with van der Waals surface area (Å²) in [5, 5.41) is 16.0. The molecule has 4 aromatic rings. The molecular weight excluding hydrogens is 276 g/mol. The zero-order chi connectivity index (χ0) is 14.9. The Kier molecular flexibility index (Phi) is 2.86. The Balaban J connectivity index is 1.99. The highest BCUT2D eigenvalue weighted by atomic mass is 16.4. The average molecular weight is 288 g/mol. The minimum Gasteiger partial charge on any atom is -0.454 e. The number of para-hydroxylation sites is 1. The quantitative estimate of drug-likeness (QED) is 0.426. The number of rotatable bonds is 1. The van der Waals surface area contributed by atoms with Crippen LogP contribution >= 0.6 is 0 Å². The van der Waals surface area contributed by atoms with Gasteiger partial charge in [0.15, 0.2) is 5.76 Å². The topological polar surface area (TPSA) is 58.6 Å². The van der Waals surface area contributed by atoms with Gasteiger partial charge in [-0.15, -0.1) is 0 Å². The van der Waals surface area contributed by atoms with Crippen LogP contribution in [0, 0.1) is 0 Å². The maximum Gasteiger partial charge on any atom is 0.155 e. The van der Waals surface area contributed by atoms with Crippen molar-refractivity contribution in [2.45, 2.75) is 0 Å². The molecule has 0 atom stereocenters. The van der Waals surface area contributed by atoms with Gasteiger partial charge in [0, 0.05) is 23.0 Å². The third kappa shape index (κ3) is 2.02. The van der Waals surface area contributed by atoms with Gasteiger partial charge in [-0.05, 0) is 23.6 Å². The SMILES string of the molecule is O/N=c1\cc(-c2cc3ccccc3cn2)oc2ccccc12. The first-order chi connectivity index (χ1) is 10.8. The molecule has 4 rings (SSSR count). The number of hydrogen-bond acceptors (Lipinski definition) is 4. The molecule has 0 unspecified atom stereocenters. The van der Waals surface area contributed by atoms with Crippen LogP contribution in [0.3, 0.4) is 0 Å². The lowest BCUT2D eigenvalue weighted by Gasteiger charge is -2.05. The van der Waals surface area contributed by atoms with Crippen LogP contribution in [0.5, 0.6) is 0 Å². The molecule has 0 amide bonds. The van der Waals surface area contributed by atoms with Gasteiger partial charge < -0.3 is 9.62 Å². The summed E-state index contributed by atoms with van der Waals surface area (Å²) in [6, 6.07) is 19.1. The van der Waals surface area contributed by atoms with Crippen molar-refractivity contribution in [3.63, 3.8) is 0 Å². The molecule has 0 aliphatic rings. The summed E-state index contributed by atoms with van der Waals surface area (Å²) in [4.78, 5) is 4.44. The summed E-state index contributed by atoms with van der Waals surface area (Å²) in [5.41, 5.74) is 1.36. The van der Waals surface area contributed by atoms with Crippen LogP contribution in [0.15, 0.2) is 76.4 Å². The average Bonchev–Trinajstić information content (AvgIpc) is 2.60. The van der Waals surface area contributed by atoms with Crippen molar-refractivity contribution in [2.75, 3.05) is 0 Å². The molecule has 0 saturated carbocycles. The van der Waals surface area contributed by atoms with Gasteiger partial charge in [0.2, 0.25) is 0 Å². The van der Waals surface area contributed by atoms with E-state index in [1.54, 1.807) is 6.07 Å². The van der Waals surface area contributed by atoms with Gasteiger partial charge >= 0.3 is 0 Å². The van der Waals surface area contributed by atoms with Crippen LogP contribution in [-0.4, -0.2) is 10.2 Å². The Hall–Kier alpha value is -3.14. The Labute approximate surface area is 126 Å². The van der Waals surface area contributed by atoms with Crippen molar-refractivity contribution in [3.8, 4) is 11.5 Å². The van der Waals surface area contributed by atoms with Crippen LogP contribution in [-0.2, 0) is 0 Å². The van der Waals surface area contributed by atoms with Crippen molar-refractivity contribution in [1.82, 2.24) is 4.98 Å². The third-order valence-corrected chi connectivity index (χ3v) is 3.64. The maximum absolute atomic E-state index is 9.24. The Morgan fingerprint density at radius 3 is 2.55 bits per heavy atom. The van der Waals surface area contributed by atoms with E-state index in [4.69, 9.17) is 4.42 Å². The lowest BCUT2D eigenvalue weighted by atomic mass is 10.1. The highest BCUT2D eigenvalue weighted by Gasteiger charge is 2.07. The molecule has 106 valence electrons. The van der Waals surface area contributed by atoms with Gasteiger partial charge in [-0.1, -0.05) is 41.6 Å². The fourth-order valence-electron chi connectivity index (χ4n) is 2.54. The molecular formula is C18H12N2O2. The number of pyridine rings is 1. The van der Waals surface area contributed by atoms with Crippen molar-refractivity contribution >= 4 is 21.7 Å². The molecule has 2 heterocycles. The fraction of sp³-hybridized carbons (Fsp3) is 0. The molecule has 0 aliphatic heterocycles. The summed E-state index contributed by atoms with van der Waals surface area (Å²) in [5.74, 6) is 0.567. The molecule has 0 aliphatic carbocycles. The number of hydrogen-bond donors (Lipinski definition) is 1. The van der Waals surface area contributed by atoms with E-state index in [-0.39, 0.29) is 0 Å². The van der Waals surface area contributed by atoms with Gasteiger partial charge in [-0.3, -0.25) is 4.98 Å². The van der Waals surface area contributed by atoms with Gasteiger partial charge in [-0.25, -0.2) is 0 Å². The first-order valence-electron chi connectivity index (χ1n) is 6.91. The second-order valence-electron chi connectivity index (χ2n) is 5.01. The van der Waals surface area contributed by atoms with Gasteiger partial charge in [0.25, 0.3) is 0 Å². The van der Waals surface area contributed by atoms with Gasteiger partial charge in [0.05, 0.1) is 0 Å². The lowest BCUT2D eigenvalue weighted by Crippen LogP contribution is -2.03. The monoisotopic (exact) mass is 288 g/mol. The van der Waals surface area contributed by atoms with E-state index in [1.807, 2.05) is 60.8 Å². The summed E-state index contributed by atoms with van der Waals surface area (Å²) in [7, 11) is 0. The predicted octanol–water partition coefficient (Wildman–Crippen LogP) is 3.94. The van der Waals surface area contributed by atoms with Crippen LogP contribution in [0.4, 0.5) is 0 Å². The van der Waals surface area contributed by atoms with Gasteiger partial charge in [0.1, 0.15) is 16.6 Å². The van der Waals surface area contributed by atoms with Crippen LogP contribution in [0.25, 0.3) is 33.2 Å². The largest absolute Gasteiger partial charge is 0.454 e. The summed E-state index contributed by atoms with van der Waals surface area (Å²) >= 11 is 0. The number of nitrogens with zero attached hydrogens (tertiary/aromatic N) is 2. The Morgan fingerprint density at radius 2 is 1.68 bits per heavy atom. The van der Waals surface area contributed by atoms with E-state index in [0.29, 0.717) is 22.4 Å². The minimum absolute atomic E-state index is 0.465. The normalized spacial score (nSPS) is 12.1. The van der Waals surface area contributed by atoms with E-state index in [1.165, 1.54) is 0 Å². The molecule has 0 radical (unpaired) electrons. The first kappa shape index (κ1) is 12.6. The summed E-state index contributed by atoms with van der Waals surface area (Å²) in [6.45, 7) is 0. The van der Waals surface area contributed by atoms with Crippen LogP contribution in [0.1, 0.15) is 0 Å². The van der Waals surface area contributed by atoms with Crippen molar-refractivity contribution in [1.29, 1.82) is 0 Å². The number of aromatic nitrogens is 1. The summed E-state index contributed by atoms with van der Waals surface area (Å²) in [6.07, 6.45) is 1.81. The van der Waals surface area contributed by atoms with Gasteiger partial charge in [-0.2, -0.15) is 0 Å². The standard InChI is InChI=1S/C18H12N2O2/c21-20-15-10-18(22-17-8-4-3-7-14(15)17)16-9-12-5-1-2-6-13(12)11-19-16/h1-11,21H/b20-15+. The molecule has 0 spiro atoms. The van der Waals surface area contributed by atoms with E-state index < -0.39 is 0 Å². The molecule has 22 heavy (non-hydrogen) atoms. The molecule has 2 aromatic carbocycles. The minimum atomic E-state index is 0.465. The summed E-state index contributed by atoms with van der Waals surface area (Å²) < 4.78 is 5.91. The second kappa shape index (κ2) is 5.00. The van der Waals surface area contributed by atoms with E-state index in [2.05, 4.69) is 10.1 Å².